The number of benzene rings is 1. The van der Waals surface area contributed by atoms with Gasteiger partial charge in [0.2, 0.25) is 0 Å². The maximum atomic E-state index is 6.18. The Labute approximate surface area is 106 Å². The minimum absolute atomic E-state index is 0.470. The third-order valence-electron chi connectivity index (χ3n) is 2.60. The van der Waals surface area contributed by atoms with Gasteiger partial charge in [0.1, 0.15) is 5.15 Å². The molecule has 1 aromatic carbocycles. The number of nitrogens with zero attached hydrogens (tertiary/aromatic N) is 2. The predicted octanol–water partition coefficient (Wildman–Crippen LogP) is 3.29. The van der Waals surface area contributed by atoms with Crippen LogP contribution in [0.4, 0.5) is 0 Å². The third kappa shape index (κ3) is 2.51. The van der Waals surface area contributed by atoms with Gasteiger partial charge in [0.15, 0.2) is 0 Å². The first-order valence-corrected chi connectivity index (χ1v) is 5.80. The predicted molar refractivity (Wildman–Crippen MR) is 68.8 cm³/mol. The van der Waals surface area contributed by atoms with Crippen LogP contribution in [0.25, 0.3) is 5.69 Å². The van der Waals surface area contributed by atoms with Gasteiger partial charge < -0.3 is 4.74 Å². The van der Waals surface area contributed by atoms with Crippen LogP contribution in [0.2, 0.25) is 5.15 Å². The maximum Gasteiger partial charge on any atom is 0.133 e. The Kier molecular flexibility index (Phi) is 3.50. The molecule has 17 heavy (non-hydrogen) atoms. The number of rotatable bonds is 3. The summed E-state index contributed by atoms with van der Waals surface area (Å²) in [6, 6.07) is 8.04. The highest BCUT2D eigenvalue weighted by Gasteiger charge is 2.09. The van der Waals surface area contributed by atoms with Crippen LogP contribution in [0.3, 0.4) is 0 Å². The van der Waals surface area contributed by atoms with Crippen molar-refractivity contribution in [3.63, 3.8) is 0 Å². The summed E-state index contributed by atoms with van der Waals surface area (Å²) in [7, 11) is 1.64. The van der Waals surface area contributed by atoms with Crippen molar-refractivity contribution in [2.45, 2.75) is 20.5 Å². The lowest BCUT2D eigenvalue weighted by atomic mass is 10.1. The highest BCUT2D eigenvalue weighted by molar-refractivity contribution is 6.29. The Bertz CT molecular complexity index is 534. The summed E-state index contributed by atoms with van der Waals surface area (Å²) in [5.74, 6) is 0. The maximum absolute atomic E-state index is 6.18. The second-order valence-electron chi connectivity index (χ2n) is 4.09. The van der Waals surface area contributed by atoms with Crippen molar-refractivity contribution in [3.05, 3.63) is 46.2 Å². The average Bonchev–Trinajstić information content (AvgIpc) is 2.64. The minimum atomic E-state index is 0.470. The molecule has 0 bridgehead atoms. The zero-order chi connectivity index (χ0) is 12.4. The molecule has 0 aliphatic rings. The number of methoxy groups -OCH3 is 1. The second kappa shape index (κ2) is 4.90. The van der Waals surface area contributed by atoms with Crippen LogP contribution in [0.1, 0.15) is 16.8 Å². The van der Waals surface area contributed by atoms with Gasteiger partial charge in [-0.25, -0.2) is 4.68 Å². The van der Waals surface area contributed by atoms with Gasteiger partial charge in [-0.15, -0.1) is 0 Å². The van der Waals surface area contributed by atoms with Gasteiger partial charge in [-0.1, -0.05) is 23.7 Å². The lowest BCUT2D eigenvalue weighted by Gasteiger charge is -2.08. The van der Waals surface area contributed by atoms with E-state index in [0.29, 0.717) is 11.8 Å². The van der Waals surface area contributed by atoms with E-state index in [1.807, 2.05) is 13.0 Å². The fourth-order valence-corrected chi connectivity index (χ4v) is 1.99. The largest absolute Gasteiger partial charge is 0.378 e. The Hall–Kier alpha value is -1.32. The van der Waals surface area contributed by atoms with Crippen LogP contribution in [0, 0.1) is 13.8 Å². The van der Waals surface area contributed by atoms with Crippen molar-refractivity contribution in [2.24, 2.45) is 0 Å². The zero-order valence-corrected chi connectivity index (χ0v) is 11.0. The topological polar surface area (TPSA) is 27.1 Å². The number of aryl methyl sites for hydroxylation is 2. The minimum Gasteiger partial charge on any atom is -0.378 e. The van der Waals surface area contributed by atoms with E-state index in [1.54, 1.807) is 11.8 Å². The molecule has 2 rings (SSSR count). The van der Waals surface area contributed by atoms with E-state index in [9.17, 15) is 0 Å². The summed E-state index contributed by atoms with van der Waals surface area (Å²) in [4.78, 5) is 0. The van der Waals surface area contributed by atoms with E-state index in [-0.39, 0.29) is 0 Å². The molecule has 0 amide bonds. The Morgan fingerprint density at radius 2 is 2.06 bits per heavy atom. The van der Waals surface area contributed by atoms with Crippen LogP contribution < -0.4 is 0 Å². The molecule has 0 N–H and O–H groups in total. The zero-order valence-electron chi connectivity index (χ0n) is 10.2. The number of halogens is 1. The number of hydrogen-bond donors (Lipinski definition) is 0. The van der Waals surface area contributed by atoms with Crippen LogP contribution in [-0.2, 0) is 11.3 Å². The Morgan fingerprint density at radius 3 is 2.76 bits per heavy atom. The number of ether oxygens (including phenoxy) is 1. The van der Waals surface area contributed by atoms with Crippen molar-refractivity contribution in [2.75, 3.05) is 7.11 Å². The van der Waals surface area contributed by atoms with E-state index >= 15 is 0 Å². The molecule has 0 radical (unpaired) electrons. The van der Waals surface area contributed by atoms with E-state index in [1.165, 1.54) is 5.56 Å². The molecule has 4 heteroatoms. The first kappa shape index (κ1) is 12.1. The van der Waals surface area contributed by atoms with Crippen LogP contribution in [0.5, 0.6) is 0 Å². The molecule has 1 aromatic heterocycles. The van der Waals surface area contributed by atoms with Crippen molar-refractivity contribution >= 4 is 11.6 Å². The molecule has 0 unspecified atom stereocenters. The Balaban J connectivity index is 2.48. The lowest BCUT2D eigenvalue weighted by Crippen LogP contribution is -2.01. The highest BCUT2D eigenvalue weighted by atomic mass is 35.5. The molecule has 0 aliphatic heterocycles. The van der Waals surface area contributed by atoms with Gasteiger partial charge in [-0.2, -0.15) is 5.10 Å². The molecule has 0 aliphatic carbocycles. The van der Waals surface area contributed by atoms with E-state index in [0.717, 1.165) is 16.9 Å². The first-order chi connectivity index (χ1) is 8.11. The van der Waals surface area contributed by atoms with Gasteiger partial charge in [-0.05, 0) is 31.0 Å². The van der Waals surface area contributed by atoms with Crippen LogP contribution >= 0.6 is 11.6 Å². The fraction of sp³-hybridized carbons (Fsp3) is 0.308. The molecule has 1 heterocycles. The van der Waals surface area contributed by atoms with Crippen molar-refractivity contribution in [3.8, 4) is 5.69 Å². The quantitative estimate of drug-likeness (QED) is 0.836. The Morgan fingerprint density at radius 1 is 1.29 bits per heavy atom. The molecule has 0 spiro atoms. The molecule has 0 fully saturated rings. The second-order valence-corrected chi connectivity index (χ2v) is 4.48. The molecule has 0 saturated carbocycles. The molecule has 0 saturated heterocycles. The summed E-state index contributed by atoms with van der Waals surface area (Å²) in [6.45, 7) is 4.57. The van der Waals surface area contributed by atoms with Crippen molar-refractivity contribution in [1.29, 1.82) is 0 Å². The fourth-order valence-electron chi connectivity index (χ4n) is 1.74. The monoisotopic (exact) mass is 250 g/mol. The van der Waals surface area contributed by atoms with E-state index in [4.69, 9.17) is 16.3 Å². The van der Waals surface area contributed by atoms with Gasteiger partial charge in [-0.3, -0.25) is 0 Å². The summed E-state index contributed by atoms with van der Waals surface area (Å²) in [6.07, 6.45) is 0. The summed E-state index contributed by atoms with van der Waals surface area (Å²) in [5.41, 5.74) is 4.17. The molecular weight excluding hydrogens is 236 g/mol. The third-order valence-corrected chi connectivity index (χ3v) is 2.87. The standard InChI is InChI=1S/C13H15ClN2O/c1-9-4-5-10(2)12(6-9)16-13(14)7-11(15-16)8-17-3/h4-7H,8H2,1-3H3. The summed E-state index contributed by atoms with van der Waals surface area (Å²) in [5, 5.41) is 5.03. The first-order valence-electron chi connectivity index (χ1n) is 5.43. The SMILES string of the molecule is COCc1cc(Cl)n(-c2cc(C)ccc2C)n1. The average molecular weight is 251 g/mol. The van der Waals surface area contributed by atoms with Gasteiger partial charge in [0, 0.05) is 13.2 Å². The van der Waals surface area contributed by atoms with Gasteiger partial charge >= 0.3 is 0 Å². The van der Waals surface area contributed by atoms with Crippen molar-refractivity contribution < 1.29 is 4.74 Å². The van der Waals surface area contributed by atoms with Gasteiger partial charge in [0.05, 0.1) is 18.0 Å². The molecule has 90 valence electrons. The number of aromatic nitrogens is 2. The molecule has 3 nitrogen and oxygen atoms in total. The number of hydrogen-bond acceptors (Lipinski definition) is 2. The van der Waals surface area contributed by atoms with Crippen LogP contribution in [0.15, 0.2) is 24.3 Å². The summed E-state index contributed by atoms with van der Waals surface area (Å²) < 4.78 is 6.80. The summed E-state index contributed by atoms with van der Waals surface area (Å²) >= 11 is 6.18. The highest BCUT2D eigenvalue weighted by Crippen LogP contribution is 2.21. The normalized spacial score (nSPS) is 10.8. The van der Waals surface area contributed by atoms with Gasteiger partial charge in [0.25, 0.3) is 0 Å². The molecule has 0 atom stereocenters. The van der Waals surface area contributed by atoms with Crippen molar-refractivity contribution in [1.82, 2.24) is 9.78 Å². The molecule has 2 aromatic rings. The van der Waals surface area contributed by atoms with E-state index < -0.39 is 0 Å². The smallest absolute Gasteiger partial charge is 0.133 e. The molecular formula is C13H15ClN2O. The lowest BCUT2D eigenvalue weighted by molar-refractivity contribution is 0.181. The van der Waals surface area contributed by atoms with Crippen LogP contribution in [-0.4, -0.2) is 16.9 Å². The van der Waals surface area contributed by atoms with E-state index in [2.05, 4.69) is 30.2 Å².